The Kier molecular flexibility index (Phi) is 3.57. The summed E-state index contributed by atoms with van der Waals surface area (Å²) in [7, 11) is 0. The van der Waals surface area contributed by atoms with Crippen LogP contribution in [-0.4, -0.2) is 5.91 Å². The van der Waals surface area contributed by atoms with Gasteiger partial charge >= 0.3 is 0 Å². The van der Waals surface area contributed by atoms with Crippen molar-refractivity contribution in [1.29, 1.82) is 0 Å². The van der Waals surface area contributed by atoms with Gasteiger partial charge in [0.2, 0.25) is 0 Å². The van der Waals surface area contributed by atoms with Crippen molar-refractivity contribution in [3.05, 3.63) is 45.0 Å². The molecule has 1 amide bonds. The van der Waals surface area contributed by atoms with Crippen LogP contribution in [0.2, 0.25) is 0 Å². The van der Waals surface area contributed by atoms with Gasteiger partial charge in [-0.15, -0.1) is 11.3 Å². The first-order valence-electron chi connectivity index (χ1n) is 5.91. The van der Waals surface area contributed by atoms with Gasteiger partial charge in [0.25, 0.3) is 5.91 Å². The van der Waals surface area contributed by atoms with Crippen LogP contribution in [0.1, 0.15) is 44.6 Å². The molecule has 2 aromatic rings. The number of rotatable bonds is 3. The molecule has 18 heavy (non-hydrogen) atoms. The van der Waals surface area contributed by atoms with Crippen molar-refractivity contribution in [3.63, 3.8) is 0 Å². The second-order valence-electron chi connectivity index (χ2n) is 4.49. The van der Waals surface area contributed by atoms with E-state index in [1.54, 1.807) is 0 Å². The monoisotopic (exact) mass is 263 g/mol. The van der Waals surface area contributed by atoms with Gasteiger partial charge in [0.05, 0.1) is 10.9 Å². The van der Waals surface area contributed by atoms with Crippen molar-refractivity contribution >= 4 is 17.2 Å². The van der Waals surface area contributed by atoms with Crippen molar-refractivity contribution in [2.24, 2.45) is 0 Å². The molecule has 0 saturated carbocycles. The third kappa shape index (κ3) is 2.64. The van der Waals surface area contributed by atoms with Crippen molar-refractivity contribution in [1.82, 2.24) is 5.32 Å². The number of amides is 1. The Labute approximate surface area is 111 Å². The van der Waals surface area contributed by atoms with E-state index in [9.17, 15) is 4.79 Å². The highest BCUT2D eigenvalue weighted by molar-refractivity contribution is 7.14. The molecule has 0 fully saturated rings. The van der Waals surface area contributed by atoms with Crippen molar-refractivity contribution in [2.75, 3.05) is 0 Å². The van der Waals surface area contributed by atoms with Crippen LogP contribution in [0, 0.1) is 20.8 Å². The van der Waals surface area contributed by atoms with Gasteiger partial charge in [-0.25, -0.2) is 0 Å². The van der Waals surface area contributed by atoms with Gasteiger partial charge in [-0.05, 0) is 51.5 Å². The van der Waals surface area contributed by atoms with Crippen LogP contribution in [0.25, 0.3) is 0 Å². The Morgan fingerprint density at radius 1 is 1.33 bits per heavy atom. The number of thiophene rings is 1. The molecule has 0 aromatic carbocycles. The van der Waals surface area contributed by atoms with Gasteiger partial charge in [-0.3, -0.25) is 4.79 Å². The number of carbonyl (C=O) groups is 1. The molecule has 0 aliphatic heterocycles. The molecule has 2 heterocycles. The minimum atomic E-state index is -0.117. The molecule has 0 spiro atoms. The second kappa shape index (κ2) is 4.98. The molecule has 4 heteroatoms. The van der Waals surface area contributed by atoms with Crippen molar-refractivity contribution < 1.29 is 9.21 Å². The number of carbonyl (C=O) groups excluding carboxylic acids is 1. The molecule has 1 atom stereocenters. The zero-order valence-electron chi connectivity index (χ0n) is 11.0. The molecule has 0 unspecified atom stereocenters. The van der Waals surface area contributed by atoms with Gasteiger partial charge < -0.3 is 9.73 Å². The molecule has 3 nitrogen and oxygen atoms in total. The topological polar surface area (TPSA) is 42.2 Å². The first-order chi connectivity index (χ1) is 8.47. The smallest absolute Gasteiger partial charge is 0.261 e. The molecule has 0 saturated heterocycles. The van der Waals surface area contributed by atoms with Crippen LogP contribution in [-0.2, 0) is 0 Å². The molecular formula is C14H17NO2S. The SMILES string of the molecule is Cc1ccc([C@H](C)NC(=O)c2cc(C)c(C)s2)o1. The van der Waals surface area contributed by atoms with E-state index in [1.165, 1.54) is 16.2 Å². The fraction of sp³-hybridized carbons (Fsp3) is 0.357. The number of furan rings is 1. The quantitative estimate of drug-likeness (QED) is 0.916. The van der Waals surface area contributed by atoms with Gasteiger partial charge in [0, 0.05) is 4.88 Å². The Bertz CT molecular complexity index is 549. The van der Waals surface area contributed by atoms with Crippen molar-refractivity contribution in [3.8, 4) is 0 Å². The maximum absolute atomic E-state index is 12.1. The van der Waals surface area contributed by atoms with Crippen LogP contribution >= 0.6 is 11.3 Å². The molecule has 0 aliphatic rings. The number of hydrogen-bond acceptors (Lipinski definition) is 3. The molecule has 1 N–H and O–H groups in total. The van der Waals surface area contributed by atoms with E-state index < -0.39 is 0 Å². The summed E-state index contributed by atoms with van der Waals surface area (Å²) >= 11 is 1.52. The fourth-order valence-electron chi connectivity index (χ4n) is 1.71. The van der Waals surface area contributed by atoms with Crippen molar-refractivity contribution in [2.45, 2.75) is 33.7 Å². The summed E-state index contributed by atoms with van der Waals surface area (Å²) in [4.78, 5) is 14.0. The van der Waals surface area contributed by atoms with Crippen LogP contribution in [0.5, 0.6) is 0 Å². The third-order valence-corrected chi connectivity index (χ3v) is 4.08. The minimum Gasteiger partial charge on any atom is -0.464 e. The lowest BCUT2D eigenvalue weighted by atomic mass is 10.2. The van der Waals surface area contributed by atoms with Crippen LogP contribution in [0.15, 0.2) is 22.6 Å². The molecule has 0 radical (unpaired) electrons. The molecular weight excluding hydrogens is 246 g/mol. The summed E-state index contributed by atoms with van der Waals surface area (Å²) in [6, 6.07) is 5.60. The van der Waals surface area contributed by atoms with E-state index in [2.05, 4.69) is 5.32 Å². The zero-order chi connectivity index (χ0) is 13.3. The lowest BCUT2D eigenvalue weighted by molar-refractivity contribution is 0.0939. The summed E-state index contributed by atoms with van der Waals surface area (Å²) < 4.78 is 5.50. The molecule has 96 valence electrons. The lowest BCUT2D eigenvalue weighted by Crippen LogP contribution is -2.25. The third-order valence-electron chi connectivity index (χ3n) is 2.93. The van der Waals surface area contributed by atoms with E-state index in [-0.39, 0.29) is 11.9 Å². The van der Waals surface area contributed by atoms with E-state index >= 15 is 0 Å². The summed E-state index contributed by atoms with van der Waals surface area (Å²) in [6.45, 7) is 7.85. The molecule has 0 aliphatic carbocycles. The number of hydrogen-bond donors (Lipinski definition) is 1. The average Bonchev–Trinajstić information content (AvgIpc) is 2.86. The van der Waals surface area contributed by atoms with Crippen LogP contribution in [0.4, 0.5) is 0 Å². The Hall–Kier alpha value is -1.55. The highest BCUT2D eigenvalue weighted by Gasteiger charge is 2.16. The number of aryl methyl sites for hydroxylation is 3. The Morgan fingerprint density at radius 2 is 2.06 bits per heavy atom. The highest BCUT2D eigenvalue weighted by Crippen LogP contribution is 2.22. The lowest BCUT2D eigenvalue weighted by Gasteiger charge is -2.10. The second-order valence-corrected chi connectivity index (χ2v) is 5.75. The van der Waals surface area contributed by atoms with E-state index in [4.69, 9.17) is 4.42 Å². The summed E-state index contributed by atoms with van der Waals surface area (Å²) in [5.41, 5.74) is 1.16. The van der Waals surface area contributed by atoms with E-state index in [0.29, 0.717) is 0 Å². The predicted octanol–water partition coefficient (Wildman–Crippen LogP) is 3.76. The van der Waals surface area contributed by atoms with Crippen LogP contribution in [0.3, 0.4) is 0 Å². The summed E-state index contributed by atoms with van der Waals surface area (Å²) in [5, 5.41) is 2.94. The van der Waals surface area contributed by atoms with Crippen LogP contribution < -0.4 is 5.32 Å². The fourth-order valence-corrected chi connectivity index (χ4v) is 2.65. The standard InChI is InChI=1S/C14H17NO2S/c1-8-7-13(18-11(8)4)14(16)15-10(3)12-6-5-9(2)17-12/h5-7,10H,1-4H3,(H,15,16)/t10-/m0/s1. The summed E-state index contributed by atoms with van der Waals surface area (Å²) in [6.07, 6.45) is 0. The van der Waals surface area contributed by atoms with Gasteiger partial charge in [-0.2, -0.15) is 0 Å². The average molecular weight is 263 g/mol. The Morgan fingerprint density at radius 3 is 2.56 bits per heavy atom. The molecule has 2 rings (SSSR count). The molecule has 2 aromatic heterocycles. The summed E-state index contributed by atoms with van der Waals surface area (Å²) in [5.74, 6) is 1.59. The number of nitrogens with one attached hydrogen (secondary N) is 1. The van der Waals surface area contributed by atoms with Gasteiger partial charge in [-0.1, -0.05) is 0 Å². The Balaban J connectivity index is 2.07. The highest BCUT2D eigenvalue weighted by atomic mass is 32.1. The largest absolute Gasteiger partial charge is 0.464 e. The van der Waals surface area contributed by atoms with Gasteiger partial charge in [0.15, 0.2) is 0 Å². The van der Waals surface area contributed by atoms with E-state index in [1.807, 2.05) is 45.9 Å². The maximum Gasteiger partial charge on any atom is 0.261 e. The minimum absolute atomic E-state index is 0.0437. The normalized spacial score (nSPS) is 12.4. The predicted molar refractivity (Wildman–Crippen MR) is 73.1 cm³/mol. The molecule has 0 bridgehead atoms. The maximum atomic E-state index is 12.1. The van der Waals surface area contributed by atoms with Gasteiger partial charge in [0.1, 0.15) is 11.5 Å². The first kappa shape index (κ1) is 12.9. The zero-order valence-corrected chi connectivity index (χ0v) is 11.9. The van der Waals surface area contributed by atoms with E-state index in [0.717, 1.165) is 22.0 Å². The first-order valence-corrected chi connectivity index (χ1v) is 6.73.